The third kappa shape index (κ3) is 2.23. The minimum atomic E-state index is -0.218. The van der Waals surface area contributed by atoms with E-state index in [1.54, 1.807) is 6.07 Å². The molecule has 1 saturated heterocycles. The molecule has 1 aromatic rings. The number of rotatable bonds is 2. The topological polar surface area (TPSA) is 63.4 Å². The van der Waals surface area contributed by atoms with E-state index >= 15 is 0 Å². The Balaban J connectivity index is 1.76. The normalized spacial score (nSPS) is 26.3. The fourth-order valence-corrected chi connectivity index (χ4v) is 2.67. The Morgan fingerprint density at radius 2 is 2.06 bits per heavy atom. The zero-order valence-electron chi connectivity index (χ0n) is 10.2. The second kappa shape index (κ2) is 4.66. The Hall–Kier alpha value is -1.46. The fourth-order valence-electron chi connectivity index (χ4n) is 2.67. The minimum absolute atomic E-state index is 0.216. The number of hydrogen-bond acceptors (Lipinski definition) is 4. The number of fused-ring (bicyclic) bond motifs is 1. The summed E-state index contributed by atoms with van der Waals surface area (Å²) >= 11 is 0. The van der Waals surface area contributed by atoms with Crippen LogP contribution in [-0.2, 0) is 6.54 Å². The second-order valence-corrected chi connectivity index (χ2v) is 5.01. The Labute approximate surface area is 106 Å². The number of hydrogen-bond donors (Lipinski definition) is 3. The molecule has 2 aliphatic heterocycles. The predicted octanol–water partition coefficient (Wildman–Crippen LogP) is -0.340. The molecule has 18 heavy (non-hydrogen) atoms. The van der Waals surface area contributed by atoms with Gasteiger partial charge in [-0.15, -0.1) is 0 Å². The number of aromatic hydroxyl groups is 1. The van der Waals surface area contributed by atoms with Gasteiger partial charge in [-0.2, -0.15) is 0 Å². The number of phenolic OH excluding ortho intramolecular Hbond substituents is 1. The average Bonchev–Trinajstić information content (AvgIpc) is 2.76. The van der Waals surface area contributed by atoms with E-state index in [-0.39, 0.29) is 18.6 Å². The Bertz CT molecular complexity index is 449. The lowest BCUT2D eigenvalue weighted by atomic mass is 10.1. The summed E-state index contributed by atoms with van der Waals surface area (Å²) in [5, 5.41) is 19.6. The van der Waals surface area contributed by atoms with E-state index in [4.69, 9.17) is 9.47 Å². The third-order valence-corrected chi connectivity index (χ3v) is 3.61. The van der Waals surface area contributed by atoms with Gasteiger partial charge in [0.05, 0.1) is 12.1 Å². The Morgan fingerprint density at radius 3 is 2.83 bits per heavy atom. The highest BCUT2D eigenvalue weighted by Gasteiger charge is 2.24. The van der Waals surface area contributed by atoms with Gasteiger partial charge in [0.1, 0.15) is 24.9 Å². The lowest BCUT2D eigenvalue weighted by Crippen LogP contribution is -3.12. The van der Waals surface area contributed by atoms with E-state index in [9.17, 15) is 10.2 Å². The summed E-state index contributed by atoms with van der Waals surface area (Å²) in [6.07, 6.45) is 1.70. The Kier molecular flexibility index (Phi) is 3.01. The maximum atomic E-state index is 9.96. The molecule has 2 aliphatic rings. The smallest absolute Gasteiger partial charge is 0.231 e. The number of benzene rings is 1. The summed E-state index contributed by atoms with van der Waals surface area (Å²) in [6.45, 7) is 2.70. The molecule has 2 atom stereocenters. The highest BCUT2D eigenvalue weighted by molar-refractivity contribution is 5.50. The van der Waals surface area contributed by atoms with Crippen LogP contribution in [0.4, 0.5) is 0 Å². The summed E-state index contributed by atoms with van der Waals surface area (Å²) < 4.78 is 10.5. The van der Waals surface area contributed by atoms with Crippen molar-refractivity contribution in [2.75, 3.05) is 19.9 Å². The zero-order valence-corrected chi connectivity index (χ0v) is 10.2. The largest absolute Gasteiger partial charge is 0.507 e. The number of aliphatic hydroxyl groups excluding tert-OH is 1. The van der Waals surface area contributed by atoms with Crippen molar-refractivity contribution in [2.45, 2.75) is 25.5 Å². The van der Waals surface area contributed by atoms with E-state index in [2.05, 4.69) is 0 Å². The van der Waals surface area contributed by atoms with Crippen LogP contribution in [-0.4, -0.2) is 36.2 Å². The molecular formula is C13H18NO4+. The van der Waals surface area contributed by atoms with Crippen LogP contribution in [0.3, 0.4) is 0 Å². The molecule has 2 heterocycles. The number of phenols is 1. The van der Waals surface area contributed by atoms with Crippen molar-refractivity contribution in [3.05, 3.63) is 17.7 Å². The van der Waals surface area contributed by atoms with Gasteiger partial charge in [-0.3, -0.25) is 0 Å². The molecule has 1 aromatic carbocycles. The molecule has 5 nitrogen and oxygen atoms in total. The first kappa shape index (κ1) is 11.6. The number of nitrogens with one attached hydrogen (secondary N) is 1. The maximum Gasteiger partial charge on any atom is 0.231 e. The lowest BCUT2D eigenvalue weighted by molar-refractivity contribution is -0.921. The predicted molar refractivity (Wildman–Crippen MR) is 63.9 cm³/mol. The summed E-state index contributed by atoms with van der Waals surface area (Å²) in [7, 11) is 0. The van der Waals surface area contributed by atoms with Crippen molar-refractivity contribution in [2.24, 2.45) is 0 Å². The van der Waals surface area contributed by atoms with Crippen LogP contribution >= 0.6 is 0 Å². The van der Waals surface area contributed by atoms with E-state index in [0.717, 1.165) is 31.5 Å². The SMILES string of the molecule is Oc1cc2c(cc1C[NH+]1CCC[C@@H](O)C1)OCO2. The van der Waals surface area contributed by atoms with Crippen molar-refractivity contribution in [1.29, 1.82) is 0 Å². The van der Waals surface area contributed by atoms with E-state index in [1.165, 1.54) is 4.90 Å². The van der Waals surface area contributed by atoms with Crippen molar-refractivity contribution in [1.82, 2.24) is 0 Å². The molecule has 0 saturated carbocycles. The van der Waals surface area contributed by atoms with Crippen molar-refractivity contribution < 1.29 is 24.6 Å². The number of likely N-dealkylation sites (tertiary alicyclic amines) is 1. The van der Waals surface area contributed by atoms with Gasteiger partial charge in [-0.1, -0.05) is 0 Å². The highest BCUT2D eigenvalue weighted by Crippen LogP contribution is 2.37. The average molecular weight is 252 g/mol. The molecular weight excluding hydrogens is 234 g/mol. The molecule has 1 fully saturated rings. The lowest BCUT2D eigenvalue weighted by Gasteiger charge is -2.27. The standard InChI is InChI=1S/C13H17NO4/c15-10-2-1-3-14(7-10)6-9-4-12-13(5-11(9)16)18-8-17-12/h4-5,10,15-16H,1-3,6-8H2/p+1/t10-/m1/s1. The molecule has 0 bridgehead atoms. The quantitative estimate of drug-likeness (QED) is 0.674. The monoisotopic (exact) mass is 252 g/mol. The number of aliphatic hydroxyl groups is 1. The zero-order chi connectivity index (χ0) is 12.5. The van der Waals surface area contributed by atoms with Crippen LogP contribution in [0.15, 0.2) is 12.1 Å². The van der Waals surface area contributed by atoms with Crippen molar-refractivity contribution in [3.8, 4) is 17.2 Å². The first-order chi connectivity index (χ1) is 8.72. The molecule has 3 rings (SSSR count). The molecule has 0 radical (unpaired) electrons. The maximum absolute atomic E-state index is 9.96. The number of piperidine rings is 1. The minimum Gasteiger partial charge on any atom is -0.507 e. The first-order valence-electron chi connectivity index (χ1n) is 6.35. The van der Waals surface area contributed by atoms with Gasteiger partial charge < -0.3 is 24.6 Å². The molecule has 0 aliphatic carbocycles. The summed E-state index contributed by atoms with van der Waals surface area (Å²) in [5.74, 6) is 1.54. The van der Waals surface area contributed by atoms with Crippen molar-refractivity contribution >= 4 is 0 Å². The number of ether oxygens (including phenoxy) is 2. The van der Waals surface area contributed by atoms with Crippen LogP contribution in [0.1, 0.15) is 18.4 Å². The summed E-state index contributed by atoms with van der Waals surface area (Å²) in [4.78, 5) is 1.29. The van der Waals surface area contributed by atoms with E-state index < -0.39 is 0 Å². The third-order valence-electron chi connectivity index (χ3n) is 3.61. The summed E-state index contributed by atoms with van der Waals surface area (Å²) in [6, 6.07) is 3.45. The molecule has 0 aromatic heterocycles. The van der Waals surface area contributed by atoms with Gasteiger partial charge in [-0.25, -0.2) is 0 Å². The van der Waals surface area contributed by atoms with Gasteiger partial charge in [0, 0.05) is 6.07 Å². The summed E-state index contributed by atoms with van der Waals surface area (Å²) in [5.41, 5.74) is 0.850. The van der Waals surface area contributed by atoms with Gasteiger partial charge in [0.15, 0.2) is 11.5 Å². The van der Waals surface area contributed by atoms with E-state index in [0.29, 0.717) is 18.0 Å². The van der Waals surface area contributed by atoms with Crippen LogP contribution in [0.2, 0.25) is 0 Å². The molecule has 1 unspecified atom stereocenters. The molecule has 5 heteroatoms. The Morgan fingerprint density at radius 1 is 1.28 bits per heavy atom. The van der Waals surface area contributed by atoms with Gasteiger partial charge in [0.2, 0.25) is 6.79 Å². The number of quaternary nitrogens is 1. The second-order valence-electron chi connectivity index (χ2n) is 5.01. The molecule has 0 spiro atoms. The first-order valence-corrected chi connectivity index (χ1v) is 6.35. The van der Waals surface area contributed by atoms with Gasteiger partial charge >= 0.3 is 0 Å². The van der Waals surface area contributed by atoms with Crippen LogP contribution < -0.4 is 14.4 Å². The highest BCUT2D eigenvalue weighted by atomic mass is 16.7. The van der Waals surface area contributed by atoms with Crippen LogP contribution in [0, 0.1) is 0 Å². The van der Waals surface area contributed by atoms with Crippen molar-refractivity contribution in [3.63, 3.8) is 0 Å². The van der Waals surface area contributed by atoms with Gasteiger partial charge in [-0.05, 0) is 18.9 Å². The van der Waals surface area contributed by atoms with Gasteiger partial charge in [0.25, 0.3) is 0 Å². The van der Waals surface area contributed by atoms with Crippen LogP contribution in [0.25, 0.3) is 0 Å². The molecule has 3 N–H and O–H groups in total. The fraction of sp³-hybridized carbons (Fsp3) is 0.538. The van der Waals surface area contributed by atoms with Crippen LogP contribution in [0.5, 0.6) is 17.2 Å². The molecule has 0 amide bonds. The molecule has 98 valence electrons. The van der Waals surface area contributed by atoms with E-state index in [1.807, 2.05) is 6.07 Å².